The molecule has 8 heteroatoms. The van der Waals surface area contributed by atoms with Gasteiger partial charge in [0.25, 0.3) is 5.91 Å². The van der Waals surface area contributed by atoms with Crippen LogP contribution in [0, 0.1) is 5.82 Å². The summed E-state index contributed by atoms with van der Waals surface area (Å²) in [6, 6.07) is 11.2. The van der Waals surface area contributed by atoms with Gasteiger partial charge < -0.3 is 15.0 Å². The molecule has 1 aliphatic rings. The average Bonchev–Trinajstić information content (AvgIpc) is 2.72. The van der Waals surface area contributed by atoms with E-state index in [0.717, 1.165) is 30.2 Å². The number of halogens is 2. The lowest BCUT2D eigenvalue weighted by atomic mass is 10.1. The van der Waals surface area contributed by atoms with Crippen LogP contribution in [0.1, 0.15) is 12.5 Å². The van der Waals surface area contributed by atoms with Crippen molar-refractivity contribution < 1.29 is 18.7 Å². The van der Waals surface area contributed by atoms with Crippen LogP contribution in [0.5, 0.6) is 5.75 Å². The lowest BCUT2D eigenvalue weighted by molar-refractivity contribution is -0.130. The van der Waals surface area contributed by atoms with Gasteiger partial charge >= 0.3 is 0 Å². The highest BCUT2D eigenvalue weighted by atomic mass is 79.9. The molecule has 0 spiro atoms. The zero-order valence-corrected chi connectivity index (χ0v) is 18.4. The first-order valence-electron chi connectivity index (χ1n) is 9.29. The number of hydrogen-bond donors (Lipinski definition) is 1. The number of nitrogens with one attached hydrogen (secondary N) is 1. The number of hydrogen-bond acceptors (Lipinski definition) is 4. The number of thioether (sulfide) groups is 1. The number of amides is 2. The number of nitrogens with zero attached hydrogens (tertiary/aromatic N) is 1. The molecular weight excluding hydrogens is 459 g/mol. The zero-order valence-electron chi connectivity index (χ0n) is 16.0. The second kappa shape index (κ2) is 10.1. The van der Waals surface area contributed by atoms with Crippen LogP contribution >= 0.6 is 27.7 Å². The maximum Gasteiger partial charge on any atom is 0.265 e. The number of benzene rings is 2. The van der Waals surface area contributed by atoms with Gasteiger partial charge in [0.2, 0.25) is 5.91 Å². The summed E-state index contributed by atoms with van der Waals surface area (Å²) >= 11 is 5.09. The van der Waals surface area contributed by atoms with Crippen LogP contribution in [0.25, 0.3) is 0 Å². The fraction of sp³-hybridized carbons (Fsp3) is 0.333. The Morgan fingerprint density at radius 1 is 1.21 bits per heavy atom. The Labute approximate surface area is 182 Å². The Morgan fingerprint density at radius 2 is 1.90 bits per heavy atom. The molecule has 0 radical (unpaired) electrons. The molecular formula is C21H22BrFN2O3S. The average molecular weight is 481 g/mol. The van der Waals surface area contributed by atoms with Crippen molar-refractivity contribution in [2.45, 2.75) is 19.4 Å². The lowest BCUT2D eigenvalue weighted by Crippen LogP contribution is -2.38. The third-order valence-electron chi connectivity index (χ3n) is 4.51. The first-order chi connectivity index (χ1) is 13.9. The van der Waals surface area contributed by atoms with Crippen LogP contribution in [-0.4, -0.2) is 47.4 Å². The molecule has 0 saturated carbocycles. The largest absolute Gasteiger partial charge is 0.480 e. The van der Waals surface area contributed by atoms with E-state index in [1.165, 1.54) is 18.2 Å². The summed E-state index contributed by atoms with van der Waals surface area (Å²) in [7, 11) is 0. The number of rotatable bonds is 6. The summed E-state index contributed by atoms with van der Waals surface area (Å²) in [6.45, 7) is 3.23. The highest BCUT2D eigenvalue weighted by molar-refractivity contribution is 9.10. The van der Waals surface area contributed by atoms with E-state index in [-0.39, 0.29) is 17.6 Å². The van der Waals surface area contributed by atoms with Gasteiger partial charge in [-0.1, -0.05) is 12.1 Å². The Bertz CT molecular complexity index is 873. The molecule has 0 bridgehead atoms. The summed E-state index contributed by atoms with van der Waals surface area (Å²) in [5.74, 6) is 1.79. The molecule has 1 aliphatic heterocycles. The van der Waals surface area contributed by atoms with Crippen molar-refractivity contribution in [2.24, 2.45) is 0 Å². The van der Waals surface area contributed by atoms with Crippen LogP contribution in [0.4, 0.5) is 10.1 Å². The highest BCUT2D eigenvalue weighted by Gasteiger charge is 2.18. The van der Waals surface area contributed by atoms with Gasteiger partial charge in [-0.2, -0.15) is 11.8 Å². The summed E-state index contributed by atoms with van der Waals surface area (Å²) in [6.07, 6.45) is -0.410. The van der Waals surface area contributed by atoms with Gasteiger partial charge in [-0.05, 0) is 58.7 Å². The molecule has 1 N–H and O–H groups in total. The van der Waals surface area contributed by atoms with E-state index in [1.807, 2.05) is 28.8 Å². The van der Waals surface area contributed by atoms with Crippen molar-refractivity contribution in [1.29, 1.82) is 0 Å². The summed E-state index contributed by atoms with van der Waals surface area (Å²) < 4.78 is 19.2. The predicted octanol–water partition coefficient (Wildman–Crippen LogP) is 4.11. The van der Waals surface area contributed by atoms with Gasteiger partial charge in [0.15, 0.2) is 6.10 Å². The van der Waals surface area contributed by atoms with E-state index in [4.69, 9.17) is 4.74 Å². The summed E-state index contributed by atoms with van der Waals surface area (Å²) in [5.41, 5.74) is 1.53. The first-order valence-corrected chi connectivity index (χ1v) is 11.2. The summed E-state index contributed by atoms with van der Waals surface area (Å²) in [5, 5.41) is 2.79. The number of carbonyl (C=O) groups is 2. The zero-order chi connectivity index (χ0) is 20.8. The molecule has 0 aliphatic carbocycles. The van der Waals surface area contributed by atoms with Crippen LogP contribution in [0.15, 0.2) is 46.9 Å². The molecule has 1 saturated heterocycles. The molecule has 1 unspecified atom stereocenters. The first kappa shape index (κ1) is 21.6. The standard InChI is InChI=1S/C21H22BrFN2O3S/c1-14(28-19-7-4-16(23)13-18(19)22)21(27)24-17-5-2-15(3-6-17)12-20(26)25-8-10-29-11-9-25/h2-7,13-14H,8-12H2,1H3,(H,24,27). The molecule has 1 fully saturated rings. The number of anilines is 1. The molecule has 5 nitrogen and oxygen atoms in total. The van der Waals surface area contributed by atoms with Crippen molar-refractivity contribution in [2.75, 3.05) is 29.9 Å². The van der Waals surface area contributed by atoms with Crippen molar-refractivity contribution in [3.8, 4) is 5.75 Å². The normalized spacial score (nSPS) is 14.9. The smallest absolute Gasteiger partial charge is 0.265 e. The summed E-state index contributed by atoms with van der Waals surface area (Å²) in [4.78, 5) is 26.6. The van der Waals surface area contributed by atoms with E-state index in [1.54, 1.807) is 19.1 Å². The minimum atomic E-state index is -0.769. The van der Waals surface area contributed by atoms with Gasteiger partial charge in [0.05, 0.1) is 10.9 Å². The monoisotopic (exact) mass is 480 g/mol. The quantitative estimate of drug-likeness (QED) is 0.675. The van der Waals surface area contributed by atoms with Gasteiger partial charge in [-0.25, -0.2) is 4.39 Å². The second-order valence-corrected chi connectivity index (χ2v) is 8.77. The highest BCUT2D eigenvalue weighted by Crippen LogP contribution is 2.26. The van der Waals surface area contributed by atoms with Crippen molar-refractivity contribution >= 4 is 45.2 Å². The molecule has 154 valence electrons. The maximum atomic E-state index is 13.2. The predicted molar refractivity (Wildman–Crippen MR) is 117 cm³/mol. The van der Waals surface area contributed by atoms with Gasteiger partial charge in [0.1, 0.15) is 11.6 Å². The molecule has 2 aromatic rings. The molecule has 3 rings (SSSR count). The van der Waals surface area contributed by atoms with E-state index in [9.17, 15) is 14.0 Å². The number of carbonyl (C=O) groups excluding carboxylic acids is 2. The second-order valence-electron chi connectivity index (χ2n) is 6.69. The van der Waals surface area contributed by atoms with E-state index in [2.05, 4.69) is 21.2 Å². The molecule has 0 aromatic heterocycles. The third kappa shape index (κ3) is 6.21. The third-order valence-corrected chi connectivity index (χ3v) is 6.07. The molecule has 1 heterocycles. The molecule has 2 aromatic carbocycles. The fourth-order valence-electron chi connectivity index (χ4n) is 2.86. The van der Waals surface area contributed by atoms with Crippen LogP contribution in [-0.2, 0) is 16.0 Å². The Hall–Kier alpha value is -2.06. The van der Waals surface area contributed by atoms with Crippen LogP contribution in [0.2, 0.25) is 0 Å². The minimum absolute atomic E-state index is 0.133. The fourth-order valence-corrected chi connectivity index (χ4v) is 4.21. The Kier molecular flexibility index (Phi) is 7.55. The Balaban J connectivity index is 1.53. The van der Waals surface area contributed by atoms with Crippen LogP contribution < -0.4 is 10.1 Å². The molecule has 29 heavy (non-hydrogen) atoms. The van der Waals surface area contributed by atoms with Gasteiger partial charge in [0, 0.05) is 30.3 Å². The van der Waals surface area contributed by atoms with E-state index in [0.29, 0.717) is 22.3 Å². The topological polar surface area (TPSA) is 58.6 Å². The van der Waals surface area contributed by atoms with Crippen LogP contribution in [0.3, 0.4) is 0 Å². The van der Waals surface area contributed by atoms with E-state index >= 15 is 0 Å². The number of ether oxygens (including phenoxy) is 1. The minimum Gasteiger partial charge on any atom is -0.480 e. The van der Waals surface area contributed by atoms with Crippen molar-refractivity contribution in [1.82, 2.24) is 4.90 Å². The molecule has 1 atom stereocenters. The SMILES string of the molecule is CC(Oc1ccc(F)cc1Br)C(=O)Nc1ccc(CC(=O)N2CCSCC2)cc1. The van der Waals surface area contributed by atoms with Gasteiger partial charge in [-0.3, -0.25) is 9.59 Å². The van der Waals surface area contributed by atoms with E-state index < -0.39 is 6.10 Å². The van der Waals surface area contributed by atoms with Crippen molar-refractivity contribution in [3.05, 3.63) is 58.3 Å². The van der Waals surface area contributed by atoms with Crippen molar-refractivity contribution in [3.63, 3.8) is 0 Å². The molecule has 2 amide bonds. The lowest BCUT2D eigenvalue weighted by Gasteiger charge is -2.26. The Morgan fingerprint density at radius 3 is 2.55 bits per heavy atom. The van der Waals surface area contributed by atoms with Gasteiger partial charge in [-0.15, -0.1) is 0 Å². The maximum absolute atomic E-state index is 13.2.